The van der Waals surface area contributed by atoms with Crippen LogP contribution in [0.3, 0.4) is 0 Å². The number of ether oxygens (including phenoxy) is 1. The van der Waals surface area contributed by atoms with Gasteiger partial charge in [-0.2, -0.15) is 0 Å². The van der Waals surface area contributed by atoms with E-state index >= 15 is 0 Å². The molecule has 1 unspecified atom stereocenters. The first kappa shape index (κ1) is 20.8. The quantitative estimate of drug-likeness (QED) is 0.773. The molecule has 8 nitrogen and oxygen atoms in total. The molecule has 9 heteroatoms. The number of methoxy groups -OCH3 is 1. The highest BCUT2D eigenvalue weighted by atomic mass is 32.2. The number of nitrogens with zero attached hydrogens (tertiary/aromatic N) is 1. The number of rotatable bonds is 5. The second kappa shape index (κ2) is 9.06. The van der Waals surface area contributed by atoms with Crippen molar-refractivity contribution in [3.8, 4) is 0 Å². The number of sulfone groups is 1. The van der Waals surface area contributed by atoms with Crippen molar-refractivity contribution in [2.24, 2.45) is 0 Å². The molecule has 0 aliphatic carbocycles. The minimum absolute atomic E-state index is 0.0392. The minimum Gasteiger partial charge on any atom is -0.453 e. The van der Waals surface area contributed by atoms with Gasteiger partial charge in [0.1, 0.15) is 6.04 Å². The van der Waals surface area contributed by atoms with Crippen molar-refractivity contribution in [2.45, 2.75) is 6.04 Å². The van der Waals surface area contributed by atoms with Crippen LogP contribution in [-0.4, -0.2) is 57.0 Å². The number of carbonyl (C=O) groups is 2. The maximum absolute atomic E-state index is 13.1. The van der Waals surface area contributed by atoms with Gasteiger partial charge in [-0.15, -0.1) is 0 Å². The molecule has 0 radical (unpaired) electrons. The normalized spacial score (nSPS) is 17.1. The predicted molar refractivity (Wildman–Crippen MR) is 111 cm³/mol. The zero-order valence-electron chi connectivity index (χ0n) is 16.0. The molecule has 0 aromatic heterocycles. The van der Waals surface area contributed by atoms with E-state index in [1.54, 1.807) is 24.3 Å². The summed E-state index contributed by atoms with van der Waals surface area (Å²) >= 11 is 0. The number of amides is 2. The Bertz CT molecular complexity index is 947. The van der Waals surface area contributed by atoms with Crippen LogP contribution in [0.5, 0.6) is 0 Å². The molecular formula is C20H23N3O5S. The Hall–Kier alpha value is -2.91. The Labute approximate surface area is 169 Å². The van der Waals surface area contributed by atoms with Crippen molar-refractivity contribution in [2.75, 3.05) is 42.3 Å². The van der Waals surface area contributed by atoms with Gasteiger partial charge in [0.05, 0.1) is 18.6 Å². The molecule has 2 N–H and O–H groups in total. The molecule has 1 saturated heterocycles. The number of nitrogens with one attached hydrogen (secondary N) is 2. The van der Waals surface area contributed by atoms with Crippen LogP contribution < -0.4 is 10.6 Å². The molecular weight excluding hydrogens is 394 g/mol. The second-order valence-corrected chi connectivity index (χ2v) is 8.99. The zero-order valence-corrected chi connectivity index (χ0v) is 16.8. The van der Waals surface area contributed by atoms with Gasteiger partial charge >= 0.3 is 6.09 Å². The Morgan fingerprint density at radius 1 is 0.931 bits per heavy atom. The molecule has 1 aliphatic rings. The molecule has 3 rings (SSSR count). The standard InChI is InChI=1S/C20H23N3O5S/c1-28-20(25)22-17-9-7-16(8-10-17)21-19(24)18(15-5-3-2-4-6-15)23-11-13-29(26,27)14-12-23/h2-10,18H,11-14H2,1H3,(H,21,24)(H,22,25). The first-order valence-corrected chi connectivity index (χ1v) is 11.0. The molecule has 0 saturated carbocycles. The summed E-state index contributed by atoms with van der Waals surface area (Å²) in [7, 11) is -1.77. The summed E-state index contributed by atoms with van der Waals surface area (Å²) < 4.78 is 28.1. The molecule has 2 aromatic carbocycles. The lowest BCUT2D eigenvalue weighted by Crippen LogP contribution is -2.46. The van der Waals surface area contributed by atoms with E-state index in [0.717, 1.165) is 5.56 Å². The van der Waals surface area contributed by atoms with Crippen LogP contribution in [0.15, 0.2) is 54.6 Å². The lowest BCUT2D eigenvalue weighted by Gasteiger charge is -2.33. The van der Waals surface area contributed by atoms with Crippen LogP contribution in [0, 0.1) is 0 Å². The van der Waals surface area contributed by atoms with Crippen molar-refractivity contribution in [3.05, 3.63) is 60.2 Å². The minimum atomic E-state index is -3.05. The molecule has 2 aromatic rings. The Morgan fingerprint density at radius 3 is 2.03 bits per heavy atom. The monoisotopic (exact) mass is 417 g/mol. The van der Waals surface area contributed by atoms with Crippen LogP contribution in [0.1, 0.15) is 11.6 Å². The number of anilines is 2. The summed E-state index contributed by atoms with van der Waals surface area (Å²) in [6.45, 7) is 0.606. The van der Waals surface area contributed by atoms with Crippen LogP contribution in [-0.2, 0) is 19.4 Å². The second-order valence-electron chi connectivity index (χ2n) is 6.68. The predicted octanol–water partition coefficient (Wildman–Crippen LogP) is 2.28. The molecule has 154 valence electrons. The van der Waals surface area contributed by atoms with E-state index in [1.165, 1.54) is 7.11 Å². The van der Waals surface area contributed by atoms with E-state index in [0.29, 0.717) is 24.5 Å². The van der Waals surface area contributed by atoms with E-state index < -0.39 is 22.0 Å². The Balaban J connectivity index is 1.76. The average molecular weight is 417 g/mol. The Kier molecular flexibility index (Phi) is 6.50. The topological polar surface area (TPSA) is 105 Å². The number of benzene rings is 2. The summed E-state index contributed by atoms with van der Waals surface area (Å²) in [5.41, 5.74) is 1.90. The van der Waals surface area contributed by atoms with E-state index in [-0.39, 0.29) is 17.4 Å². The number of hydrogen-bond acceptors (Lipinski definition) is 6. The summed E-state index contributed by atoms with van der Waals surface area (Å²) in [5, 5.41) is 5.42. The van der Waals surface area contributed by atoms with Gasteiger partial charge in [-0.1, -0.05) is 30.3 Å². The first-order valence-electron chi connectivity index (χ1n) is 9.13. The van der Waals surface area contributed by atoms with Gasteiger partial charge in [0.25, 0.3) is 0 Å². The molecule has 1 fully saturated rings. The van der Waals surface area contributed by atoms with E-state index in [2.05, 4.69) is 15.4 Å². The summed E-state index contributed by atoms with van der Waals surface area (Å²) in [6.07, 6.45) is -0.578. The summed E-state index contributed by atoms with van der Waals surface area (Å²) in [5.74, 6) is -0.168. The SMILES string of the molecule is COC(=O)Nc1ccc(NC(=O)C(c2ccccc2)N2CCS(=O)(=O)CC2)cc1. The lowest BCUT2D eigenvalue weighted by molar-refractivity contribution is -0.121. The van der Waals surface area contributed by atoms with Crippen molar-refractivity contribution in [1.82, 2.24) is 4.90 Å². The van der Waals surface area contributed by atoms with E-state index in [1.807, 2.05) is 35.2 Å². The van der Waals surface area contributed by atoms with Crippen molar-refractivity contribution < 1.29 is 22.7 Å². The van der Waals surface area contributed by atoms with Gasteiger partial charge in [-0.05, 0) is 29.8 Å². The fraction of sp³-hybridized carbons (Fsp3) is 0.300. The lowest BCUT2D eigenvalue weighted by atomic mass is 10.0. The van der Waals surface area contributed by atoms with E-state index in [4.69, 9.17) is 0 Å². The maximum atomic E-state index is 13.1. The van der Waals surface area contributed by atoms with Crippen molar-refractivity contribution >= 4 is 33.2 Å². The summed E-state index contributed by atoms with van der Waals surface area (Å²) in [6, 6.07) is 15.3. The smallest absolute Gasteiger partial charge is 0.411 e. The van der Waals surface area contributed by atoms with Crippen LogP contribution in [0.2, 0.25) is 0 Å². The number of hydrogen-bond donors (Lipinski definition) is 2. The van der Waals surface area contributed by atoms with Crippen LogP contribution >= 0.6 is 0 Å². The zero-order chi connectivity index (χ0) is 20.9. The van der Waals surface area contributed by atoms with Gasteiger partial charge in [-0.25, -0.2) is 13.2 Å². The highest BCUT2D eigenvalue weighted by molar-refractivity contribution is 7.91. The molecule has 1 heterocycles. The molecule has 0 spiro atoms. The third kappa shape index (κ3) is 5.55. The van der Waals surface area contributed by atoms with Crippen molar-refractivity contribution in [1.29, 1.82) is 0 Å². The highest BCUT2D eigenvalue weighted by Gasteiger charge is 2.32. The third-order valence-corrected chi connectivity index (χ3v) is 6.30. The van der Waals surface area contributed by atoms with Gasteiger partial charge in [0, 0.05) is 24.5 Å². The van der Waals surface area contributed by atoms with E-state index in [9.17, 15) is 18.0 Å². The van der Waals surface area contributed by atoms with Gasteiger partial charge in [0.15, 0.2) is 9.84 Å². The maximum Gasteiger partial charge on any atom is 0.411 e. The number of carbonyl (C=O) groups excluding carboxylic acids is 2. The molecule has 0 bridgehead atoms. The van der Waals surface area contributed by atoms with Crippen LogP contribution in [0.25, 0.3) is 0 Å². The largest absolute Gasteiger partial charge is 0.453 e. The molecule has 1 aliphatic heterocycles. The Morgan fingerprint density at radius 2 is 1.48 bits per heavy atom. The average Bonchev–Trinajstić information content (AvgIpc) is 2.71. The fourth-order valence-electron chi connectivity index (χ4n) is 3.16. The fourth-order valence-corrected chi connectivity index (χ4v) is 4.39. The van der Waals surface area contributed by atoms with Gasteiger partial charge in [-0.3, -0.25) is 15.0 Å². The highest BCUT2D eigenvalue weighted by Crippen LogP contribution is 2.25. The first-order chi connectivity index (χ1) is 13.9. The van der Waals surface area contributed by atoms with Crippen molar-refractivity contribution in [3.63, 3.8) is 0 Å². The third-order valence-electron chi connectivity index (χ3n) is 4.69. The molecule has 29 heavy (non-hydrogen) atoms. The summed E-state index contributed by atoms with van der Waals surface area (Å²) in [4.78, 5) is 26.2. The van der Waals surface area contributed by atoms with Gasteiger partial charge < -0.3 is 10.1 Å². The molecule has 2 amide bonds. The van der Waals surface area contributed by atoms with Gasteiger partial charge in [0.2, 0.25) is 5.91 Å². The molecule has 1 atom stereocenters. The van der Waals surface area contributed by atoms with Crippen LogP contribution in [0.4, 0.5) is 16.2 Å².